The first kappa shape index (κ1) is 11.0. The highest BCUT2D eigenvalue weighted by Gasteiger charge is 2.01. The molecule has 1 aromatic carbocycles. The lowest BCUT2D eigenvalue weighted by Crippen LogP contribution is -2.06. The van der Waals surface area contributed by atoms with Gasteiger partial charge in [0.1, 0.15) is 5.75 Å². The third kappa shape index (κ3) is 2.55. The molecular weight excluding hydrogens is 270 g/mol. The number of nitrogen functional groups attached to an aromatic ring is 1. The summed E-state index contributed by atoms with van der Waals surface area (Å²) in [7, 11) is 0. The molecule has 0 spiro atoms. The topological polar surface area (TPSA) is 53.1 Å². The number of anilines is 1. The van der Waals surface area contributed by atoms with Crippen molar-refractivity contribution in [2.45, 2.75) is 13.7 Å². The molecule has 0 atom stereocenters. The van der Waals surface area contributed by atoms with Crippen molar-refractivity contribution in [2.75, 3.05) is 5.73 Å². The van der Waals surface area contributed by atoms with E-state index in [9.17, 15) is 0 Å². The summed E-state index contributed by atoms with van der Waals surface area (Å²) in [4.78, 5) is 0. The molecule has 2 aromatic rings. The molecule has 0 aliphatic rings. The van der Waals surface area contributed by atoms with Gasteiger partial charge in [-0.1, -0.05) is 15.9 Å². The Morgan fingerprint density at radius 1 is 1.50 bits per heavy atom. The number of rotatable bonds is 3. The van der Waals surface area contributed by atoms with Crippen LogP contribution in [0.3, 0.4) is 0 Å². The lowest BCUT2D eigenvalue weighted by atomic mass is 10.2. The van der Waals surface area contributed by atoms with E-state index in [0.29, 0.717) is 12.4 Å². The summed E-state index contributed by atoms with van der Waals surface area (Å²) in [5.41, 5.74) is 7.27. The zero-order valence-corrected chi connectivity index (χ0v) is 10.4. The van der Waals surface area contributed by atoms with Crippen LogP contribution < -0.4 is 10.5 Å². The van der Waals surface area contributed by atoms with Gasteiger partial charge in [-0.3, -0.25) is 0 Å². The zero-order valence-electron chi connectivity index (χ0n) is 8.85. The molecule has 84 valence electrons. The third-order valence-electron chi connectivity index (χ3n) is 2.14. The van der Waals surface area contributed by atoms with E-state index in [1.54, 1.807) is 17.1 Å². The summed E-state index contributed by atoms with van der Waals surface area (Å²) in [5, 5.41) is 4.04. The third-order valence-corrected chi connectivity index (χ3v) is 2.64. The number of hydrogen-bond acceptors (Lipinski definition) is 3. The number of nitrogens with zero attached hydrogens (tertiary/aromatic N) is 2. The molecule has 2 rings (SSSR count). The van der Waals surface area contributed by atoms with E-state index in [-0.39, 0.29) is 0 Å². The molecule has 2 N–H and O–H groups in total. The van der Waals surface area contributed by atoms with Gasteiger partial charge in [0, 0.05) is 4.47 Å². The van der Waals surface area contributed by atoms with Gasteiger partial charge in [0.05, 0.1) is 18.1 Å². The summed E-state index contributed by atoms with van der Waals surface area (Å²) in [5.74, 6) is 0.845. The second-order valence-corrected chi connectivity index (χ2v) is 4.41. The van der Waals surface area contributed by atoms with Gasteiger partial charge >= 0.3 is 0 Å². The number of aromatic nitrogens is 2. The molecule has 0 aliphatic carbocycles. The zero-order chi connectivity index (χ0) is 11.5. The maximum Gasteiger partial charge on any atom is 0.180 e. The number of aryl methyl sites for hydroxylation is 1. The van der Waals surface area contributed by atoms with Gasteiger partial charge in [-0.2, -0.15) is 5.10 Å². The molecule has 4 nitrogen and oxygen atoms in total. The maximum atomic E-state index is 5.62. The molecule has 5 heteroatoms. The van der Waals surface area contributed by atoms with E-state index in [2.05, 4.69) is 21.0 Å². The van der Waals surface area contributed by atoms with Gasteiger partial charge in [-0.05, 0) is 30.7 Å². The van der Waals surface area contributed by atoms with Crippen LogP contribution in [0.1, 0.15) is 5.56 Å². The summed E-state index contributed by atoms with van der Waals surface area (Å²) < 4.78 is 8.31. The average molecular weight is 282 g/mol. The minimum atomic E-state index is 0.361. The smallest absolute Gasteiger partial charge is 0.180 e. The van der Waals surface area contributed by atoms with Gasteiger partial charge in [-0.15, -0.1) is 0 Å². The van der Waals surface area contributed by atoms with Gasteiger partial charge in [0.2, 0.25) is 0 Å². The molecule has 1 aromatic heterocycles. The Morgan fingerprint density at radius 2 is 2.31 bits per heavy atom. The van der Waals surface area contributed by atoms with Crippen molar-refractivity contribution >= 4 is 21.6 Å². The number of ether oxygens (including phenoxy) is 1. The summed E-state index contributed by atoms with van der Waals surface area (Å²) in [6.45, 7) is 2.36. The molecule has 0 bridgehead atoms. The van der Waals surface area contributed by atoms with Crippen LogP contribution in [0.4, 0.5) is 5.69 Å². The Hall–Kier alpha value is -1.49. The van der Waals surface area contributed by atoms with Crippen LogP contribution in [0, 0.1) is 6.92 Å². The monoisotopic (exact) mass is 281 g/mol. The fraction of sp³-hybridized carbons (Fsp3) is 0.182. The van der Waals surface area contributed by atoms with Crippen LogP contribution in [0.2, 0.25) is 0 Å². The predicted molar refractivity (Wildman–Crippen MR) is 66.1 cm³/mol. The second kappa shape index (κ2) is 4.57. The number of hydrogen-bond donors (Lipinski definition) is 1. The minimum Gasteiger partial charge on any atom is -0.471 e. The molecular formula is C11H12BrN3O. The number of benzene rings is 1. The lowest BCUT2D eigenvalue weighted by molar-refractivity contribution is 0.219. The summed E-state index contributed by atoms with van der Waals surface area (Å²) in [6.07, 6.45) is 3.33. The first-order chi connectivity index (χ1) is 7.65. The lowest BCUT2D eigenvalue weighted by Gasteiger charge is -2.09. The van der Waals surface area contributed by atoms with Gasteiger partial charge in [-0.25, -0.2) is 4.68 Å². The summed E-state index contributed by atoms with van der Waals surface area (Å²) in [6, 6.07) is 5.87. The van der Waals surface area contributed by atoms with Crippen molar-refractivity contribution in [1.29, 1.82) is 0 Å². The van der Waals surface area contributed by atoms with Crippen LogP contribution in [0.5, 0.6) is 5.75 Å². The molecule has 0 aliphatic heterocycles. The van der Waals surface area contributed by atoms with Crippen LogP contribution in [0.15, 0.2) is 35.1 Å². The highest BCUT2D eigenvalue weighted by Crippen LogP contribution is 2.22. The quantitative estimate of drug-likeness (QED) is 0.941. The largest absolute Gasteiger partial charge is 0.471 e. The Bertz CT molecular complexity index is 496. The van der Waals surface area contributed by atoms with Gasteiger partial charge in [0.15, 0.2) is 6.73 Å². The van der Waals surface area contributed by atoms with E-state index in [0.717, 1.165) is 15.8 Å². The predicted octanol–water partition coefficient (Wildman–Crippen LogP) is 2.57. The molecule has 1 heterocycles. The average Bonchev–Trinajstić information content (AvgIpc) is 2.63. The molecule has 16 heavy (non-hydrogen) atoms. The van der Waals surface area contributed by atoms with Crippen molar-refractivity contribution in [3.05, 3.63) is 40.6 Å². The Morgan fingerprint density at radius 3 is 2.94 bits per heavy atom. The van der Waals surface area contributed by atoms with Gasteiger partial charge < -0.3 is 10.5 Å². The maximum absolute atomic E-state index is 5.62. The number of halogens is 1. The summed E-state index contributed by atoms with van der Waals surface area (Å²) >= 11 is 3.41. The van der Waals surface area contributed by atoms with Crippen LogP contribution in [0.25, 0.3) is 0 Å². The van der Waals surface area contributed by atoms with Gasteiger partial charge in [0.25, 0.3) is 0 Å². The van der Waals surface area contributed by atoms with E-state index in [1.165, 1.54) is 0 Å². The Balaban J connectivity index is 2.04. The SMILES string of the molecule is Cc1cc(Br)ccc1OCn1cc(N)cn1. The van der Waals surface area contributed by atoms with Crippen molar-refractivity contribution in [2.24, 2.45) is 0 Å². The molecule has 0 saturated heterocycles. The molecule has 0 saturated carbocycles. The van der Waals surface area contributed by atoms with E-state index in [4.69, 9.17) is 10.5 Å². The van der Waals surface area contributed by atoms with E-state index >= 15 is 0 Å². The van der Waals surface area contributed by atoms with Crippen LogP contribution >= 0.6 is 15.9 Å². The molecule has 0 unspecified atom stereocenters. The number of nitrogens with two attached hydrogens (primary N) is 1. The fourth-order valence-electron chi connectivity index (χ4n) is 1.36. The minimum absolute atomic E-state index is 0.361. The fourth-order valence-corrected chi connectivity index (χ4v) is 1.84. The van der Waals surface area contributed by atoms with Crippen LogP contribution in [-0.4, -0.2) is 9.78 Å². The van der Waals surface area contributed by atoms with Crippen molar-refractivity contribution in [1.82, 2.24) is 9.78 Å². The Labute approximate surface area is 102 Å². The highest BCUT2D eigenvalue weighted by molar-refractivity contribution is 9.10. The van der Waals surface area contributed by atoms with Crippen molar-refractivity contribution in [3.63, 3.8) is 0 Å². The normalized spacial score (nSPS) is 10.4. The van der Waals surface area contributed by atoms with Crippen molar-refractivity contribution < 1.29 is 4.74 Å². The van der Waals surface area contributed by atoms with E-state index in [1.807, 2.05) is 25.1 Å². The van der Waals surface area contributed by atoms with E-state index < -0.39 is 0 Å². The van der Waals surface area contributed by atoms with Crippen LogP contribution in [-0.2, 0) is 6.73 Å². The second-order valence-electron chi connectivity index (χ2n) is 3.50. The standard InChI is InChI=1S/C11H12BrN3O/c1-8-4-9(12)2-3-11(8)16-7-15-6-10(13)5-14-15/h2-6H,7,13H2,1H3. The molecule has 0 fully saturated rings. The van der Waals surface area contributed by atoms with Crippen molar-refractivity contribution in [3.8, 4) is 5.75 Å². The Kier molecular flexibility index (Phi) is 3.14. The first-order valence-electron chi connectivity index (χ1n) is 4.82. The highest BCUT2D eigenvalue weighted by atomic mass is 79.9. The first-order valence-corrected chi connectivity index (χ1v) is 5.61. The molecule has 0 amide bonds. The molecule has 0 radical (unpaired) electrons.